The average Bonchev–Trinajstić information content (AvgIpc) is 2.49. The first-order valence-corrected chi connectivity index (χ1v) is 7.18. The van der Waals surface area contributed by atoms with Crippen molar-refractivity contribution in [2.45, 2.75) is 18.8 Å². The highest BCUT2D eigenvalue weighted by Gasteiger charge is 2.20. The van der Waals surface area contributed by atoms with Gasteiger partial charge in [0.1, 0.15) is 0 Å². The van der Waals surface area contributed by atoms with Crippen LogP contribution in [0.4, 0.5) is 17.1 Å². The molecule has 1 aliphatic heterocycles. The highest BCUT2D eigenvalue weighted by molar-refractivity contribution is 5.53. The fourth-order valence-electron chi connectivity index (χ4n) is 2.92. The molecule has 0 bridgehead atoms. The fraction of sp³-hybridized carbons (Fsp3) is 0.294. The summed E-state index contributed by atoms with van der Waals surface area (Å²) in [4.78, 5) is 2.44. The molecule has 2 aromatic carbocycles. The summed E-state index contributed by atoms with van der Waals surface area (Å²) in [6.45, 7) is 2.19. The SMILES string of the molecule is Nc1ccc(C2CCN(c3ccc(N)cc3)CC2)cc1. The van der Waals surface area contributed by atoms with Crippen molar-refractivity contribution in [1.29, 1.82) is 0 Å². The number of rotatable bonds is 2. The zero-order chi connectivity index (χ0) is 13.9. The molecule has 0 aromatic heterocycles. The minimum absolute atomic E-state index is 0.653. The van der Waals surface area contributed by atoms with Crippen LogP contribution < -0.4 is 16.4 Å². The van der Waals surface area contributed by atoms with E-state index in [-0.39, 0.29) is 0 Å². The summed E-state index contributed by atoms with van der Waals surface area (Å²) >= 11 is 0. The van der Waals surface area contributed by atoms with Gasteiger partial charge in [-0.15, -0.1) is 0 Å². The monoisotopic (exact) mass is 267 g/mol. The Balaban J connectivity index is 1.64. The average molecular weight is 267 g/mol. The Bertz CT molecular complexity index is 498. The molecule has 3 rings (SSSR count). The summed E-state index contributed by atoms with van der Waals surface area (Å²) in [5, 5.41) is 0. The van der Waals surface area contributed by atoms with Crippen LogP contribution in [0.2, 0.25) is 0 Å². The smallest absolute Gasteiger partial charge is 0.0367 e. The van der Waals surface area contributed by atoms with Gasteiger partial charge in [0.2, 0.25) is 0 Å². The molecule has 4 N–H and O–H groups in total. The lowest BCUT2D eigenvalue weighted by atomic mass is 9.89. The predicted molar refractivity (Wildman–Crippen MR) is 85.9 cm³/mol. The summed E-state index contributed by atoms with van der Waals surface area (Å²) in [6.07, 6.45) is 2.38. The topological polar surface area (TPSA) is 55.3 Å². The molecule has 3 nitrogen and oxygen atoms in total. The van der Waals surface area contributed by atoms with Crippen LogP contribution in [-0.2, 0) is 0 Å². The number of hydrogen-bond donors (Lipinski definition) is 2. The first-order valence-electron chi connectivity index (χ1n) is 7.18. The Labute approximate surface area is 120 Å². The van der Waals surface area contributed by atoms with E-state index < -0.39 is 0 Å². The van der Waals surface area contributed by atoms with Gasteiger partial charge in [0.05, 0.1) is 0 Å². The molecule has 0 atom stereocenters. The van der Waals surface area contributed by atoms with E-state index in [0.717, 1.165) is 24.5 Å². The number of nitrogen functional groups attached to an aromatic ring is 2. The third kappa shape index (κ3) is 2.72. The van der Waals surface area contributed by atoms with E-state index >= 15 is 0 Å². The fourth-order valence-corrected chi connectivity index (χ4v) is 2.92. The van der Waals surface area contributed by atoms with Crippen molar-refractivity contribution in [2.24, 2.45) is 0 Å². The highest BCUT2D eigenvalue weighted by Crippen LogP contribution is 2.30. The van der Waals surface area contributed by atoms with Gasteiger partial charge < -0.3 is 16.4 Å². The third-order valence-electron chi connectivity index (χ3n) is 4.16. The van der Waals surface area contributed by atoms with Crippen LogP contribution >= 0.6 is 0 Å². The van der Waals surface area contributed by atoms with Crippen LogP contribution in [0.5, 0.6) is 0 Å². The molecule has 1 fully saturated rings. The van der Waals surface area contributed by atoms with E-state index in [1.165, 1.54) is 24.1 Å². The molecule has 0 spiro atoms. The van der Waals surface area contributed by atoms with Gasteiger partial charge in [0, 0.05) is 30.2 Å². The third-order valence-corrected chi connectivity index (χ3v) is 4.16. The molecule has 1 aliphatic rings. The maximum absolute atomic E-state index is 5.75. The molecular formula is C17H21N3. The van der Waals surface area contributed by atoms with Gasteiger partial charge in [0.25, 0.3) is 0 Å². The molecule has 3 heteroatoms. The molecule has 0 saturated carbocycles. The molecule has 104 valence electrons. The zero-order valence-electron chi connectivity index (χ0n) is 11.6. The Morgan fingerprint density at radius 1 is 0.750 bits per heavy atom. The van der Waals surface area contributed by atoms with Gasteiger partial charge in [-0.1, -0.05) is 12.1 Å². The normalized spacial score (nSPS) is 16.3. The first-order chi connectivity index (χ1) is 9.72. The molecule has 0 amide bonds. The van der Waals surface area contributed by atoms with Gasteiger partial charge in [0.15, 0.2) is 0 Å². The second-order valence-electron chi connectivity index (χ2n) is 5.52. The number of benzene rings is 2. The van der Waals surface area contributed by atoms with Crippen molar-refractivity contribution in [1.82, 2.24) is 0 Å². The van der Waals surface area contributed by atoms with Crippen LogP contribution in [0.1, 0.15) is 24.3 Å². The van der Waals surface area contributed by atoms with Gasteiger partial charge in [-0.25, -0.2) is 0 Å². The van der Waals surface area contributed by atoms with Crippen molar-refractivity contribution in [3.8, 4) is 0 Å². The quantitative estimate of drug-likeness (QED) is 0.821. The second kappa shape index (κ2) is 5.45. The lowest BCUT2D eigenvalue weighted by molar-refractivity contribution is 0.505. The minimum atomic E-state index is 0.653. The van der Waals surface area contributed by atoms with Crippen molar-refractivity contribution in [3.05, 3.63) is 54.1 Å². The van der Waals surface area contributed by atoms with Gasteiger partial charge >= 0.3 is 0 Å². The van der Waals surface area contributed by atoms with Crippen molar-refractivity contribution < 1.29 is 0 Å². The van der Waals surface area contributed by atoms with Crippen molar-refractivity contribution in [3.63, 3.8) is 0 Å². The Hall–Kier alpha value is -2.16. The number of nitrogens with two attached hydrogens (primary N) is 2. The van der Waals surface area contributed by atoms with Crippen LogP contribution in [0.3, 0.4) is 0 Å². The van der Waals surface area contributed by atoms with E-state index in [0.29, 0.717) is 5.92 Å². The summed E-state index contributed by atoms with van der Waals surface area (Å²) < 4.78 is 0. The number of nitrogens with zero attached hydrogens (tertiary/aromatic N) is 1. The summed E-state index contributed by atoms with van der Waals surface area (Å²) in [7, 11) is 0. The Morgan fingerprint density at radius 2 is 1.25 bits per heavy atom. The first kappa shape index (κ1) is 12.9. The van der Waals surface area contributed by atoms with E-state index in [1.807, 2.05) is 24.3 Å². The van der Waals surface area contributed by atoms with Gasteiger partial charge in [-0.2, -0.15) is 0 Å². The molecule has 0 aliphatic carbocycles. The van der Waals surface area contributed by atoms with E-state index in [9.17, 15) is 0 Å². The van der Waals surface area contributed by atoms with Gasteiger partial charge in [-0.3, -0.25) is 0 Å². The largest absolute Gasteiger partial charge is 0.399 e. The molecular weight excluding hydrogens is 246 g/mol. The molecule has 0 unspecified atom stereocenters. The lowest BCUT2D eigenvalue weighted by Crippen LogP contribution is -2.32. The van der Waals surface area contributed by atoms with Crippen molar-refractivity contribution >= 4 is 17.1 Å². The zero-order valence-corrected chi connectivity index (χ0v) is 11.6. The van der Waals surface area contributed by atoms with Crippen LogP contribution in [0, 0.1) is 0 Å². The second-order valence-corrected chi connectivity index (χ2v) is 5.52. The molecule has 1 heterocycles. The minimum Gasteiger partial charge on any atom is -0.399 e. The van der Waals surface area contributed by atoms with Crippen LogP contribution in [0.25, 0.3) is 0 Å². The Kier molecular flexibility index (Phi) is 3.50. The molecule has 0 radical (unpaired) electrons. The summed E-state index contributed by atoms with van der Waals surface area (Å²) in [6, 6.07) is 16.5. The van der Waals surface area contributed by atoms with Crippen LogP contribution in [-0.4, -0.2) is 13.1 Å². The maximum Gasteiger partial charge on any atom is 0.0367 e. The summed E-state index contributed by atoms with van der Waals surface area (Å²) in [5.41, 5.74) is 15.8. The maximum atomic E-state index is 5.75. The number of hydrogen-bond acceptors (Lipinski definition) is 3. The van der Waals surface area contributed by atoms with E-state index in [1.54, 1.807) is 0 Å². The molecule has 20 heavy (non-hydrogen) atoms. The summed E-state index contributed by atoms with van der Waals surface area (Å²) in [5.74, 6) is 0.653. The molecule has 1 saturated heterocycles. The Morgan fingerprint density at radius 3 is 1.80 bits per heavy atom. The highest BCUT2D eigenvalue weighted by atomic mass is 15.1. The lowest BCUT2D eigenvalue weighted by Gasteiger charge is -2.34. The van der Waals surface area contributed by atoms with Crippen LogP contribution in [0.15, 0.2) is 48.5 Å². The van der Waals surface area contributed by atoms with E-state index in [2.05, 4.69) is 29.2 Å². The van der Waals surface area contributed by atoms with Crippen molar-refractivity contribution in [2.75, 3.05) is 29.5 Å². The molecule has 2 aromatic rings. The predicted octanol–water partition coefficient (Wildman–Crippen LogP) is 3.24. The van der Waals surface area contributed by atoms with Gasteiger partial charge in [-0.05, 0) is 60.7 Å². The number of piperidine rings is 1. The standard InChI is InChI=1S/C17H21N3/c18-15-3-1-13(2-4-15)14-9-11-20(12-10-14)17-7-5-16(19)6-8-17/h1-8,14H,9-12,18-19H2. The van der Waals surface area contributed by atoms with E-state index in [4.69, 9.17) is 11.5 Å². The number of anilines is 3.